The van der Waals surface area contributed by atoms with Crippen LogP contribution in [0.1, 0.15) is 25.3 Å². The van der Waals surface area contributed by atoms with Crippen molar-refractivity contribution in [1.82, 2.24) is 0 Å². The molecular weight excluding hydrogens is 516 g/mol. The summed E-state index contributed by atoms with van der Waals surface area (Å²) in [5.41, 5.74) is 0.196. The number of hydrogen-bond donors (Lipinski definition) is 1. The summed E-state index contributed by atoms with van der Waals surface area (Å²) in [6.45, 7) is 3.71. The van der Waals surface area contributed by atoms with Crippen LogP contribution in [-0.2, 0) is 4.79 Å². The van der Waals surface area contributed by atoms with Gasteiger partial charge < -0.3 is 5.11 Å². The number of benzene rings is 2. The molecule has 6 nitrogen and oxygen atoms in total. The first-order valence-corrected chi connectivity index (χ1v) is 10.7. The number of non-ortho nitro benzene ring substituents is 1. The Morgan fingerprint density at radius 3 is 2.37 bits per heavy atom. The van der Waals surface area contributed by atoms with E-state index in [4.69, 9.17) is 0 Å². The van der Waals surface area contributed by atoms with Gasteiger partial charge in [0.05, 0.1) is 20.3 Å². The molecule has 0 radical (unpaired) electrons. The van der Waals surface area contributed by atoms with Gasteiger partial charge in [0.25, 0.3) is 5.69 Å². The van der Waals surface area contributed by atoms with Crippen molar-refractivity contribution in [3.05, 3.63) is 73.7 Å². The molecule has 2 aromatic rings. The molecule has 3 rings (SSSR count). The predicted molar refractivity (Wildman–Crippen MR) is 120 cm³/mol. The molecule has 1 N–H and O–H groups in total. The number of rotatable bonds is 6. The summed E-state index contributed by atoms with van der Waals surface area (Å²) in [4.78, 5) is 22.9. The van der Waals surface area contributed by atoms with Gasteiger partial charge in [-0.15, -0.1) is 0 Å². The fourth-order valence-electron chi connectivity index (χ4n) is 4.50. The van der Waals surface area contributed by atoms with Gasteiger partial charge in [-0.25, -0.2) is 0 Å². The molecule has 0 spiro atoms. The van der Waals surface area contributed by atoms with Crippen molar-refractivity contribution in [2.75, 3.05) is 0 Å². The van der Waals surface area contributed by atoms with Gasteiger partial charge in [0.1, 0.15) is 5.41 Å². The van der Waals surface area contributed by atoms with Crippen LogP contribution in [0.15, 0.2) is 58.0 Å². The first-order valence-electron chi connectivity index (χ1n) is 9.08. The first-order chi connectivity index (χ1) is 14.1. The Kier molecular flexibility index (Phi) is 5.89. The maximum absolute atomic E-state index is 12.4. The standard InChI is InChI=1S/C22H18Br2N2O4/c1-21(2)18(11-19(23)24)22(21,20(27)28)17(12-25)15-5-3-4-14(10-15)13-6-8-16(9-7-13)26(29)30/h3-11,17-18H,1-2H3,(H,27,28). The third-order valence-corrected chi connectivity index (χ3v) is 6.64. The maximum Gasteiger partial charge on any atom is 0.312 e. The molecule has 154 valence electrons. The van der Waals surface area contributed by atoms with Crippen molar-refractivity contribution in [3.8, 4) is 17.2 Å². The molecule has 8 heteroatoms. The van der Waals surface area contributed by atoms with Crippen molar-refractivity contribution in [1.29, 1.82) is 5.26 Å². The second-order valence-electron chi connectivity index (χ2n) is 7.82. The molecule has 1 aliphatic rings. The minimum Gasteiger partial charge on any atom is -0.481 e. The molecular formula is C22H18Br2N2O4. The van der Waals surface area contributed by atoms with Gasteiger partial charge in [0.15, 0.2) is 0 Å². The van der Waals surface area contributed by atoms with Crippen molar-refractivity contribution in [3.63, 3.8) is 0 Å². The fraction of sp³-hybridized carbons (Fsp3) is 0.273. The molecule has 3 atom stereocenters. The molecule has 0 aliphatic heterocycles. The highest BCUT2D eigenvalue weighted by Crippen LogP contribution is 2.75. The lowest BCUT2D eigenvalue weighted by Gasteiger charge is -2.22. The molecule has 1 aliphatic carbocycles. The van der Waals surface area contributed by atoms with Crippen molar-refractivity contribution >= 4 is 43.5 Å². The highest BCUT2D eigenvalue weighted by molar-refractivity contribution is 9.28. The van der Waals surface area contributed by atoms with E-state index in [9.17, 15) is 25.3 Å². The summed E-state index contributed by atoms with van der Waals surface area (Å²) < 4.78 is 0.646. The first kappa shape index (κ1) is 22.2. The van der Waals surface area contributed by atoms with Crippen molar-refractivity contribution in [2.24, 2.45) is 16.7 Å². The van der Waals surface area contributed by atoms with Crippen LogP contribution < -0.4 is 0 Å². The van der Waals surface area contributed by atoms with E-state index in [1.54, 1.807) is 36.4 Å². The smallest absolute Gasteiger partial charge is 0.312 e. The van der Waals surface area contributed by atoms with E-state index in [1.807, 2.05) is 19.9 Å². The minimum absolute atomic E-state index is 0.00987. The lowest BCUT2D eigenvalue weighted by atomic mass is 9.78. The third kappa shape index (κ3) is 3.46. The van der Waals surface area contributed by atoms with Gasteiger partial charge in [-0.3, -0.25) is 14.9 Å². The summed E-state index contributed by atoms with van der Waals surface area (Å²) in [7, 11) is 0. The van der Waals surface area contributed by atoms with Crippen LogP contribution in [0.25, 0.3) is 11.1 Å². The number of nitro groups is 1. The highest BCUT2D eigenvalue weighted by atomic mass is 79.9. The van der Waals surface area contributed by atoms with E-state index >= 15 is 0 Å². The molecule has 1 saturated carbocycles. The van der Waals surface area contributed by atoms with Gasteiger partial charge in [-0.05, 0) is 72.2 Å². The maximum atomic E-state index is 12.4. The molecule has 0 saturated heterocycles. The lowest BCUT2D eigenvalue weighted by Crippen LogP contribution is -2.28. The number of halogens is 2. The zero-order valence-corrected chi connectivity index (χ0v) is 19.3. The normalized spacial score (nSPS) is 22.4. The number of carboxylic acids is 1. The number of nitrogens with zero attached hydrogens (tertiary/aromatic N) is 2. The number of allylic oxidation sites excluding steroid dienone is 1. The Hall–Kier alpha value is -2.50. The third-order valence-electron chi connectivity index (χ3n) is 6.11. The molecule has 0 aromatic heterocycles. The molecule has 0 heterocycles. The number of hydrogen-bond acceptors (Lipinski definition) is 4. The van der Waals surface area contributed by atoms with Crippen LogP contribution in [0.5, 0.6) is 0 Å². The van der Waals surface area contributed by atoms with Gasteiger partial charge in [0.2, 0.25) is 0 Å². The topological polar surface area (TPSA) is 104 Å². The number of carbonyl (C=O) groups is 1. The van der Waals surface area contributed by atoms with Crippen LogP contribution in [0.3, 0.4) is 0 Å². The Morgan fingerprint density at radius 2 is 1.87 bits per heavy atom. The van der Waals surface area contributed by atoms with Crippen LogP contribution >= 0.6 is 31.9 Å². The van der Waals surface area contributed by atoms with E-state index in [-0.39, 0.29) is 11.6 Å². The molecule has 2 aromatic carbocycles. The van der Waals surface area contributed by atoms with Crippen molar-refractivity contribution in [2.45, 2.75) is 19.8 Å². The minimum atomic E-state index is -1.28. The zero-order valence-electron chi connectivity index (χ0n) is 16.2. The number of nitro benzene ring substituents is 1. The van der Waals surface area contributed by atoms with E-state index in [0.717, 1.165) is 11.1 Å². The summed E-state index contributed by atoms with van der Waals surface area (Å²) >= 11 is 6.61. The zero-order chi connectivity index (χ0) is 22.3. The van der Waals surface area contributed by atoms with Gasteiger partial charge in [0, 0.05) is 18.1 Å². The van der Waals surface area contributed by atoms with Gasteiger partial charge >= 0.3 is 5.97 Å². The Bertz CT molecular complexity index is 1090. The number of nitriles is 1. The average Bonchev–Trinajstić information content (AvgIpc) is 3.17. The van der Waals surface area contributed by atoms with Crippen molar-refractivity contribution < 1.29 is 14.8 Å². The van der Waals surface area contributed by atoms with E-state index in [2.05, 4.69) is 37.9 Å². The second kappa shape index (κ2) is 7.97. The monoisotopic (exact) mass is 532 g/mol. The summed E-state index contributed by atoms with van der Waals surface area (Å²) in [5, 5.41) is 31.1. The molecule has 30 heavy (non-hydrogen) atoms. The predicted octanol–water partition coefficient (Wildman–Crippen LogP) is 6.23. The Labute approximate surface area is 190 Å². The molecule has 3 unspecified atom stereocenters. The second-order valence-corrected chi connectivity index (χ2v) is 10.6. The average molecular weight is 534 g/mol. The number of carboxylic acid groups (broad SMARTS) is 1. The van der Waals surface area contributed by atoms with E-state index < -0.39 is 27.6 Å². The van der Waals surface area contributed by atoms with E-state index in [1.165, 1.54) is 12.1 Å². The van der Waals surface area contributed by atoms with Crippen LogP contribution in [0.2, 0.25) is 0 Å². The summed E-state index contributed by atoms with van der Waals surface area (Å²) in [6.07, 6.45) is 1.79. The van der Waals surface area contributed by atoms with Crippen LogP contribution in [0.4, 0.5) is 5.69 Å². The molecule has 1 fully saturated rings. The van der Waals surface area contributed by atoms with Crippen LogP contribution in [0, 0.1) is 38.2 Å². The van der Waals surface area contributed by atoms with Crippen LogP contribution in [-0.4, -0.2) is 16.0 Å². The van der Waals surface area contributed by atoms with E-state index in [0.29, 0.717) is 8.96 Å². The highest BCUT2D eigenvalue weighted by Gasteiger charge is 2.78. The Balaban J connectivity index is 2.07. The largest absolute Gasteiger partial charge is 0.481 e. The van der Waals surface area contributed by atoms with Gasteiger partial charge in [-0.2, -0.15) is 5.26 Å². The number of aliphatic carboxylic acids is 1. The molecule has 0 amide bonds. The SMILES string of the molecule is CC1(C)C(C=C(Br)Br)C1(C(=O)O)C(C#N)c1cccc(-c2ccc([N+](=O)[O-])cc2)c1. The summed E-state index contributed by atoms with van der Waals surface area (Å²) in [5.74, 6) is -2.23. The van der Waals surface area contributed by atoms with Gasteiger partial charge in [-0.1, -0.05) is 38.1 Å². The fourth-order valence-corrected chi connectivity index (χ4v) is 5.03. The Morgan fingerprint density at radius 1 is 1.23 bits per heavy atom. The molecule has 0 bridgehead atoms. The quantitative estimate of drug-likeness (QED) is 0.350. The summed E-state index contributed by atoms with van der Waals surface area (Å²) in [6, 6.07) is 15.5. The lowest BCUT2D eigenvalue weighted by molar-refractivity contribution is -0.384.